The van der Waals surface area contributed by atoms with E-state index in [1.165, 1.54) is 4.52 Å². The Morgan fingerprint density at radius 2 is 1.57 bits per heavy atom. The standard InChI is InChI=1S/C28H18BrN5O2S/c29-21-13-11-19(12-14-21)25-20(17-33(32-25)22-9-5-2-6-10-22)16-24-27(36)34-28(37-24)30-26(35)23(31-34)15-18-7-3-1-4-8-18/h1-14,16-17H,15H2. The highest BCUT2D eigenvalue weighted by Gasteiger charge is 2.15. The topological polar surface area (TPSA) is 82.1 Å². The zero-order valence-corrected chi connectivity index (χ0v) is 21.7. The van der Waals surface area contributed by atoms with Gasteiger partial charge in [0, 0.05) is 28.2 Å². The zero-order chi connectivity index (χ0) is 25.4. The lowest BCUT2D eigenvalue weighted by molar-refractivity contribution is 0.811. The van der Waals surface area contributed by atoms with Crippen LogP contribution in [0.5, 0.6) is 0 Å². The highest BCUT2D eigenvalue weighted by atomic mass is 79.9. The minimum Gasteiger partial charge on any atom is -0.266 e. The maximum atomic E-state index is 13.3. The number of rotatable bonds is 5. The third-order valence-electron chi connectivity index (χ3n) is 5.83. The minimum atomic E-state index is -0.427. The van der Waals surface area contributed by atoms with Crippen LogP contribution in [0.2, 0.25) is 0 Å². The van der Waals surface area contributed by atoms with Crippen LogP contribution in [0.25, 0.3) is 28.0 Å². The van der Waals surface area contributed by atoms with Crippen molar-refractivity contribution in [1.29, 1.82) is 0 Å². The van der Waals surface area contributed by atoms with Crippen LogP contribution in [0.4, 0.5) is 0 Å². The molecule has 0 saturated carbocycles. The van der Waals surface area contributed by atoms with Gasteiger partial charge in [0.1, 0.15) is 5.69 Å². The van der Waals surface area contributed by atoms with E-state index in [4.69, 9.17) is 5.10 Å². The molecule has 3 aromatic heterocycles. The molecule has 0 N–H and O–H groups in total. The van der Waals surface area contributed by atoms with Crippen molar-refractivity contribution in [2.45, 2.75) is 6.42 Å². The lowest BCUT2D eigenvalue weighted by atomic mass is 10.1. The smallest absolute Gasteiger partial charge is 0.266 e. The van der Waals surface area contributed by atoms with E-state index in [1.807, 2.05) is 91.1 Å². The first-order valence-electron chi connectivity index (χ1n) is 11.4. The molecule has 3 heterocycles. The van der Waals surface area contributed by atoms with Crippen molar-refractivity contribution in [2.75, 3.05) is 0 Å². The van der Waals surface area contributed by atoms with E-state index in [-0.39, 0.29) is 16.2 Å². The molecule has 6 rings (SSSR count). The van der Waals surface area contributed by atoms with Gasteiger partial charge < -0.3 is 0 Å². The molecule has 9 heteroatoms. The van der Waals surface area contributed by atoms with Crippen LogP contribution in [0.3, 0.4) is 0 Å². The Balaban J connectivity index is 1.49. The van der Waals surface area contributed by atoms with Gasteiger partial charge >= 0.3 is 0 Å². The van der Waals surface area contributed by atoms with Gasteiger partial charge in [-0.25, -0.2) is 4.68 Å². The normalized spacial score (nSPS) is 11.9. The molecule has 0 aliphatic carbocycles. The molecule has 0 aliphatic heterocycles. The van der Waals surface area contributed by atoms with Crippen molar-refractivity contribution in [3.05, 3.63) is 138 Å². The lowest BCUT2D eigenvalue weighted by Crippen LogP contribution is -2.28. The molecule has 0 unspecified atom stereocenters. The van der Waals surface area contributed by atoms with Gasteiger partial charge in [-0.2, -0.15) is 19.7 Å². The lowest BCUT2D eigenvalue weighted by Gasteiger charge is -2.00. The molecule has 0 spiro atoms. The van der Waals surface area contributed by atoms with Crippen LogP contribution in [0.15, 0.2) is 105 Å². The van der Waals surface area contributed by atoms with Crippen molar-refractivity contribution in [1.82, 2.24) is 24.4 Å². The number of benzene rings is 3. The van der Waals surface area contributed by atoms with Crippen LogP contribution >= 0.6 is 27.3 Å². The highest BCUT2D eigenvalue weighted by molar-refractivity contribution is 9.10. The van der Waals surface area contributed by atoms with Crippen molar-refractivity contribution in [2.24, 2.45) is 0 Å². The molecule has 0 bridgehead atoms. The fourth-order valence-electron chi connectivity index (χ4n) is 4.02. The van der Waals surface area contributed by atoms with Crippen LogP contribution < -0.4 is 15.7 Å². The number of fused-ring (bicyclic) bond motifs is 1. The summed E-state index contributed by atoms with van der Waals surface area (Å²) in [6, 6.07) is 27.1. The minimum absolute atomic E-state index is 0.234. The molecule has 0 radical (unpaired) electrons. The van der Waals surface area contributed by atoms with Gasteiger partial charge in [-0.05, 0) is 35.9 Å². The summed E-state index contributed by atoms with van der Waals surface area (Å²) in [6.45, 7) is 0. The molecule has 37 heavy (non-hydrogen) atoms. The summed E-state index contributed by atoms with van der Waals surface area (Å²) < 4.78 is 4.39. The Hall–Kier alpha value is -4.21. The van der Waals surface area contributed by atoms with E-state index in [0.717, 1.165) is 43.9 Å². The Labute approximate surface area is 223 Å². The molecule has 3 aromatic carbocycles. The fourth-order valence-corrected chi connectivity index (χ4v) is 5.18. The number of aromatic nitrogens is 5. The predicted molar refractivity (Wildman–Crippen MR) is 148 cm³/mol. The van der Waals surface area contributed by atoms with E-state index >= 15 is 0 Å². The van der Waals surface area contributed by atoms with Gasteiger partial charge in [0.2, 0.25) is 4.96 Å². The molecule has 0 saturated heterocycles. The molecule has 0 amide bonds. The SMILES string of the molecule is O=c1nc2sc(=Cc3cn(-c4ccccc4)nc3-c3ccc(Br)cc3)c(=O)n2nc1Cc1ccccc1. The van der Waals surface area contributed by atoms with Crippen molar-refractivity contribution >= 4 is 38.3 Å². The zero-order valence-electron chi connectivity index (χ0n) is 19.3. The summed E-state index contributed by atoms with van der Waals surface area (Å²) in [4.78, 5) is 30.4. The number of hydrogen-bond donors (Lipinski definition) is 0. The summed E-state index contributed by atoms with van der Waals surface area (Å²) in [5.41, 5.74) is 3.72. The quantitative estimate of drug-likeness (QED) is 0.311. The molecule has 7 nitrogen and oxygen atoms in total. The molecule has 0 atom stereocenters. The fraction of sp³-hybridized carbons (Fsp3) is 0.0357. The van der Waals surface area contributed by atoms with Crippen molar-refractivity contribution in [3.63, 3.8) is 0 Å². The first-order valence-corrected chi connectivity index (χ1v) is 13.1. The van der Waals surface area contributed by atoms with Crippen LogP contribution in [0, 0.1) is 0 Å². The summed E-state index contributed by atoms with van der Waals surface area (Å²) in [6.07, 6.45) is 3.98. The number of hydrogen-bond acceptors (Lipinski definition) is 6. The van der Waals surface area contributed by atoms with Gasteiger partial charge in [0.05, 0.1) is 15.9 Å². The maximum absolute atomic E-state index is 13.3. The second-order valence-corrected chi connectivity index (χ2v) is 10.3. The monoisotopic (exact) mass is 567 g/mol. The average Bonchev–Trinajstić information content (AvgIpc) is 3.47. The van der Waals surface area contributed by atoms with Gasteiger partial charge in [-0.1, -0.05) is 87.9 Å². The summed E-state index contributed by atoms with van der Waals surface area (Å²) >= 11 is 4.61. The molecule has 180 valence electrons. The number of halogens is 1. The molecule has 6 aromatic rings. The highest BCUT2D eigenvalue weighted by Crippen LogP contribution is 2.26. The summed E-state index contributed by atoms with van der Waals surface area (Å²) in [7, 11) is 0. The van der Waals surface area contributed by atoms with E-state index in [2.05, 4.69) is 26.0 Å². The van der Waals surface area contributed by atoms with Crippen molar-refractivity contribution < 1.29 is 0 Å². The average molecular weight is 568 g/mol. The molecular formula is C28H18BrN5O2S. The first kappa shape index (κ1) is 23.2. The number of nitrogens with zero attached hydrogens (tertiary/aromatic N) is 5. The predicted octanol–water partition coefficient (Wildman–Crippen LogP) is 4.26. The van der Waals surface area contributed by atoms with Gasteiger partial charge in [0.25, 0.3) is 11.1 Å². The van der Waals surface area contributed by atoms with E-state index in [9.17, 15) is 9.59 Å². The van der Waals surface area contributed by atoms with Gasteiger partial charge in [-0.15, -0.1) is 0 Å². The van der Waals surface area contributed by atoms with Crippen molar-refractivity contribution in [3.8, 4) is 16.9 Å². The summed E-state index contributed by atoms with van der Waals surface area (Å²) in [5.74, 6) is 0. The first-order chi connectivity index (χ1) is 18.0. The second kappa shape index (κ2) is 9.68. The van der Waals surface area contributed by atoms with E-state index < -0.39 is 5.56 Å². The molecule has 0 aliphatic rings. The van der Waals surface area contributed by atoms with E-state index in [1.54, 1.807) is 10.8 Å². The number of para-hydroxylation sites is 1. The Bertz CT molecular complexity index is 1900. The largest absolute Gasteiger partial charge is 0.296 e. The third-order valence-corrected chi connectivity index (χ3v) is 7.32. The molecule has 0 fully saturated rings. The van der Waals surface area contributed by atoms with Crippen LogP contribution in [0.1, 0.15) is 16.8 Å². The van der Waals surface area contributed by atoms with Crippen LogP contribution in [-0.2, 0) is 6.42 Å². The number of thiazole rings is 1. The molecular weight excluding hydrogens is 550 g/mol. The van der Waals surface area contributed by atoms with Crippen LogP contribution in [-0.4, -0.2) is 24.4 Å². The Morgan fingerprint density at radius 1 is 0.865 bits per heavy atom. The van der Waals surface area contributed by atoms with E-state index in [0.29, 0.717) is 11.0 Å². The summed E-state index contributed by atoms with van der Waals surface area (Å²) in [5, 5.41) is 9.19. The van der Waals surface area contributed by atoms with Gasteiger partial charge in [-0.3, -0.25) is 9.59 Å². The maximum Gasteiger partial charge on any atom is 0.296 e. The van der Waals surface area contributed by atoms with Gasteiger partial charge in [0.15, 0.2) is 0 Å². The Kier molecular flexibility index (Phi) is 6.07. The second-order valence-electron chi connectivity index (χ2n) is 8.36. The Morgan fingerprint density at radius 3 is 2.30 bits per heavy atom. The third kappa shape index (κ3) is 4.66.